The summed E-state index contributed by atoms with van der Waals surface area (Å²) in [7, 11) is 0. The molecule has 9 heteroatoms. The van der Waals surface area contributed by atoms with E-state index in [0.717, 1.165) is 0 Å². The van der Waals surface area contributed by atoms with Crippen LogP contribution in [0.1, 0.15) is 34.7 Å². The lowest BCUT2D eigenvalue weighted by Crippen LogP contribution is -2.10. The Balaban J connectivity index is 1.92. The van der Waals surface area contributed by atoms with Crippen molar-refractivity contribution in [2.75, 3.05) is 13.2 Å². The molecule has 150 valence electrons. The minimum atomic E-state index is -0.613. The average Bonchev–Trinajstić information content (AvgIpc) is 3.20. The molecule has 0 spiro atoms. The average molecular weight is 416 g/mol. The van der Waals surface area contributed by atoms with E-state index in [1.165, 1.54) is 0 Å². The number of hydrogen-bond donors (Lipinski definition) is 1. The quantitative estimate of drug-likeness (QED) is 0.460. The maximum atomic E-state index is 12.5. The van der Waals surface area contributed by atoms with Gasteiger partial charge in [0.1, 0.15) is 5.69 Å². The molecule has 0 fully saturated rings. The van der Waals surface area contributed by atoms with E-state index >= 15 is 0 Å². The first-order valence-corrected chi connectivity index (χ1v) is 9.24. The molecule has 0 aliphatic heterocycles. The number of aromatic amines is 1. The van der Waals surface area contributed by atoms with Gasteiger partial charge < -0.3 is 14.2 Å². The molecule has 1 heterocycles. The molecule has 29 heavy (non-hydrogen) atoms. The molecule has 0 amide bonds. The van der Waals surface area contributed by atoms with Crippen LogP contribution >= 0.6 is 11.6 Å². The minimum Gasteiger partial charge on any atom is -0.490 e. The van der Waals surface area contributed by atoms with Gasteiger partial charge in [-0.3, -0.25) is 0 Å². The van der Waals surface area contributed by atoms with E-state index < -0.39 is 11.9 Å². The van der Waals surface area contributed by atoms with E-state index in [2.05, 4.69) is 15.4 Å². The summed E-state index contributed by atoms with van der Waals surface area (Å²) in [4.78, 5) is 24.5. The van der Waals surface area contributed by atoms with Crippen LogP contribution in [0.5, 0.6) is 11.5 Å². The molecular formula is C20H18ClN3O5. The monoisotopic (exact) mass is 415 g/mol. The van der Waals surface area contributed by atoms with Crippen LogP contribution < -0.4 is 9.47 Å². The normalized spacial score (nSPS) is 10.4. The SMILES string of the molecule is CCOC(=O)c1n[nH]nc1-c1ccc(OC(=O)c2ccccc2Cl)c(OCC)c1. The molecule has 3 aromatic rings. The van der Waals surface area contributed by atoms with E-state index in [4.69, 9.17) is 25.8 Å². The molecule has 1 N–H and O–H groups in total. The summed E-state index contributed by atoms with van der Waals surface area (Å²) in [6.45, 7) is 4.05. The molecule has 0 radical (unpaired) electrons. The molecule has 0 atom stereocenters. The number of hydrogen-bond acceptors (Lipinski definition) is 7. The van der Waals surface area contributed by atoms with Crippen LogP contribution in [-0.2, 0) is 4.74 Å². The van der Waals surface area contributed by atoms with Crippen molar-refractivity contribution in [2.45, 2.75) is 13.8 Å². The van der Waals surface area contributed by atoms with Crippen molar-refractivity contribution in [3.8, 4) is 22.8 Å². The second-order valence-corrected chi connectivity index (χ2v) is 6.11. The van der Waals surface area contributed by atoms with E-state index in [0.29, 0.717) is 23.6 Å². The summed E-state index contributed by atoms with van der Waals surface area (Å²) >= 11 is 6.06. The number of carbonyl (C=O) groups excluding carboxylic acids is 2. The van der Waals surface area contributed by atoms with Crippen LogP contribution in [0.25, 0.3) is 11.3 Å². The Morgan fingerprint density at radius 3 is 2.52 bits per heavy atom. The third-order valence-electron chi connectivity index (χ3n) is 3.83. The summed E-state index contributed by atoms with van der Waals surface area (Å²) in [5.74, 6) is -0.689. The van der Waals surface area contributed by atoms with Gasteiger partial charge in [0.15, 0.2) is 17.2 Å². The van der Waals surface area contributed by atoms with Crippen molar-refractivity contribution in [3.63, 3.8) is 0 Å². The van der Waals surface area contributed by atoms with Crippen LogP contribution in [0.4, 0.5) is 0 Å². The predicted octanol–water partition coefficient (Wildman–Crippen LogP) is 3.92. The second kappa shape index (κ2) is 9.20. The Bertz CT molecular complexity index is 1030. The smallest absolute Gasteiger partial charge is 0.361 e. The first-order valence-electron chi connectivity index (χ1n) is 8.87. The van der Waals surface area contributed by atoms with Gasteiger partial charge in [-0.2, -0.15) is 10.3 Å². The second-order valence-electron chi connectivity index (χ2n) is 5.71. The van der Waals surface area contributed by atoms with Gasteiger partial charge in [-0.05, 0) is 44.2 Å². The van der Waals surface area contributed by atoms with Crippen molar-refractivity contribution in [2.24, 2.45) is 0 Å². The van der Waals surface area contributed by atoms with Gasteiger partial charge in [-0.25, -0.2) is 9.59 Å². The van der Waals surface area contributed by atoms with E-state index in [1.54, 1.807) is 56.3 Å². The number of carbonyl (C=O) groups is 2. The minimum absolute atomic E-state index is 0.0510. The fourth-order valence-corrected chi connectivity index (χ4v) is 2.78. The molecule has 0 saturated heterocycles. The van der Waals surface area contributed by atoms with Gasteiger partial charge in [0, 0.05) is 5.56 Å². The van der Waals surface area contributed by atoms with Gasteiger partial charge in [-0.1, -0.05) is 23.7 Å². The predicted molar refractivity (Wildman–Crippen MR) is 105 cm³/mol. The van der Waals surface area contributed by atoms with Crippen molar-refractivity contribution >= 4 is 23.5 Å². The Kier molecular flexibility index (Phi) is 6.46. The number of halogens is 1. The molecule has 0 aliphatic carbocycles. The lowest BCUT2D eigenvalue weighted by molar-refractivity contribution is 0.0520. The molecule has 0 unspecified atom stereocenters. The highest BCUT2D eigenvalue weighted by Gasteiger charge is 2.21. The fraction of sp³-hybridized carbons (Fsp3) is 0.200. The highest BCUT2D eigenvalue weighted by atomic mass is 35.5. The third-order valence-corrected chi connectivity index (χ3v) is 4.16. The number of nitrogens with one attached hydrogen (secondary N) is 1. The van der Waals surface area contributed by atoms with Gasteiger partial charge in [-0.15, -0.1) is 5.10 Å². The maximum absolute atomic E-state index is 12.5. The Hall–Kier alpha value is -3.39. The number of H-pyrrole nitrogens is 1. The van der Waals surface area contributed by atoms with E-state index in [1.807, 2.05) is 0 Å². The molecule has 0 bridgehead atoms. The zero-order valence-corrected chi connectivity index (χ0v) is 16.5. The Labute approximate surface area is 171 Å². The third kappa shape index (κ3) is 4.55. The van der Waals surface area contributed by atoms with Gasteiger partial charge in [0.05, 0.1) is 23.8 Å². The molecule has 8 nitrogen and oxygen atoms in total. The molecule has 0 aliphatic rings. The molecule has 2 aromatic carbocycles. The van der Waals surface area contributed by atoms with Crippen LogP contribution in [0, 0.1) is 0 Å². The zero-order chi connectivity index (χ0) is 20.8. The van der Waals surface area contributed by atoms with Crippen LogP contribution in [0.15, 0.2) is 42.5 Å². The fourth-order valence-electron chi connectivity index (χ4n) is 2.56. The van der Waals surface area contributed by atoms with Gasteiger partial charge in [0.25, 0.3) is 0 Å². The van der Waals surface area contributed by atoms with Crippen molar-refractivity contribution < 1.29 is 23.8 Å². The van der Waals surface area contributed by atoms with Crippen LogP contribution in [0.2, 0.25) is 5.02 Å². The van der Waals surface area contributed by atoms with Gasteiger partial charge in [0.2, 0.25) is 0 Å². The highest BCUT2D eigenvalue weighted by molar-refractivity contribution is 6.33. The van der Waals surface area contributed by atoms with Crippen molar-refractivity contribution in [1.82, 2.24) is 15.4 Å². The van der Waals surface area contributed by atoms with Crippen molar-refractivity contribution in [1.29, 1.82) is 0 Å². The van der Waals surface area contributed by atoms with Crippen LogP contribution in [-0.4, -0.2) is 40.6 Å². The van der Waals surface area contributed by atoms with Crippen LogP contribution in [0.3, 0.4) is 0 Å². The number of benzene rings is 2. The van der Waals surface area contributed by atoms with E-state index in [9.17, 15) is 9.59 Å². The topological polar surface area (TPSA) is 103 Å². The zero-order valence-electron chi connectivity index (χ0n) is 15.8. The number of ether oxygens (including phenoxy) is 3. The number of esters is 2. The first kappa shape index (κ1) is 20.3. The summed E-state index contributed by atoms with van der Waals surface area (Å²) in [5.41, 5.74) is 1.13. The summed E-state index contributed by atoms with van der Waals surface area (Å²) in [5, 5.41) is 10.6. The van der Waals surface area contributed by atoms with Gasteiger partial charge >= 0.3 is 11.9 Å². The highest BCUT2D eigenvalue weighted by Crippen LogP contribution is 2.34. The molecular weight excluding hydrogens is 398 g/mol. The Morgan fingerprint density at radius 1 is 1.00 bits per heavy atom. The lowest BCUT2D eigenvalue weighted by Gasteiger charge is -2.12. The maximum Gasteiger partial charge on any atom is 0.361 e. The molecule has 3 rings (SSSR count). The largest absolute Gasteiger partial charge is 0.490 e. The number of rotatable bonds is 7. The lowest BCUT2D eigenvalue weighted by atomic mass is 10.1. The van der Waals surface area contributed by atoms with Crippen molar-refractivity contribution in [3.05, 3.63) is 58.7 Å². The summed E-state index contributed by atoms with van der Waals surface area (Å²) in [6.07, 6.45) is 0. The number of aromatic nitrogens is 3. The standard InChI is InChI=1S/C20H18ClN3O5/c1-3-27-16-11-12(17-18(23-24-22-17)20(26)28-4-2)9-10-15(16)29-19(25)13-7-5-6-8-14(13)21/h5-11H,3-4H2,1-2H3,(H,22,23,24). The molecule has 0 saturated carbocycles. The first-order chi connectivity index (χ1) is 14.0. The Morgan fingerprint density at radius 2 is 1.79 bits per heavy atom. The number of nitrogens with zero attached hydrogens (tertiary/aromatic N) is 2. The summed E-state index contributed by atoms with van der Waals surface area (Å²) in [6, 6.07) is 11.4. The summed E-state index contributed by atoms with van der Waals surface area (Å²) < 4.78 is 16.1. The van der Waals surface area contributed by atoms with E-state index in [-0.39, 0.29) is 28.6 Å². The molecule has 1 aromatic heterocycles.